The van der Waals surface area contributed by atoms with E-state index in [0.29, 0.717) is 12.6 Å². The highest BCUT2D eigenvalue weighted by atomic mass is 16.7. The maximum absolute atomic E-state index is 10.1. The van der Waals surface area contributed by atoms with Crippen LogP contribution in [0.4, 0.5) is 0 Å². The Morgan fingerprint density at radius 3 is 2.85 bits per heavy atom. The lowest BCUT2D eigenvalue weighted by atomic mass is 10.3. The van der Waals surface area contributed by atoms with Crippen LogP contribution >= 0.6 is 0 Å². The molecule has 2 N–H and O–H groups in total. The van der Waals surface area contributed by atoms with Crippen LogP contribution in [0.15, 0.2) is 12.2 Å². The van der Waals surface area contributed by atoms with E-state index in [4.69, 9.17) is 9.94 Å². The lowest BCUT2D eigenvalue weighted by Crippen LogP contribution is -2.21. The number of hydrogen-bond donors (Lipinski definition) is 2. The minimum absolute atomic E-state index is 0.318. The van der Waals surface area contributed by atoms with E-state index in [0.717, 1.165) is 18.9 Å². The van der Waals surface area contributed by atoms with E-state index in [1.54, 1.807) is 0 Å². The molecule has 74 valence electrons. The van der Waals surface area contributed by atoms with E-state index in [-0.39, 0.29) is 0 Å². The number of hydrogen-bond acceptors (Lipinski definition) is 3. The number of carbonyl (C=O) groups is 1. The summed E-state index contributed by atoms with van der Waals surface area (Å²) in [5, 5.41) is 8.27. The molecule has 1 aliphatic carbocycles. The molecule has 1 fully saturated rings. The van der Waals surface area contributed by atoms with Gasteiger partial charge in [-0.3, -0.25) is 4.84 Å². The Kier molecular flexibility index (Phi) is 4.49. The molecule has 4 heteroatoms. The molecule has 0 unspecified atom stereocenters. The molecule has 0 aromatic carbocycles. The monoisotopic (exact) mass is 185 g/mol. The van der Waals surface area contributed by atoms with E-state index in [2.05, 4.69) is 5.48 Å². The van der Waals surface area contributed by atoms with Crippen LogP contribution in [0.3, 0.4) is 0 Å². The highest BCUT2D eigenvalue weighted by molar-refractivity contribution is 5.79. The average Bonchev–Trinajstić information content (AvgIpc) is 2.55. The van der Waals surface area contributed by atoms with Gasteiger partial charge < -0.3 is 5.11 Å². The molecule has 0 radical (unpaired) electrons. The first-order valence-corrected chi connectivity index (χ1v) is 4.57. The van der Waals surface area contributed by atoms with E-state index < -0.39 is 5.97 Å². The number of hydroxylamine groups is 1. The SMILES string of the molecule is O=C(O)/C=C/CNOC1CCCC1. The van der Waals surface area contributed by atoms with Crippen LogP contribution < -0.4 is 5.48 Å². The zero-order valence-electron chi connectivity index (χ0n) is 7.53. The highest BCUT2D eigenvalue weighted by Gasteiger charge is 2.14. The Morgan fingerprint density at radius 1 is 1.54 bits per heavy atom. The minimum Gasteiger partial charge on any atom is -0.478 e. The van der Waals surface area contributed by atoms with Crippen LogP contribution in [0.2, 0.25) is 0 Å². The number of nitrogens with one attached hydrogen (secondary N) is 1. The molecule has 0 atom stereocenters. The molecule has 1 rings (SSSR count). The summed E-state index contributed by atoms with van der Waals surface area (Å²) in [4.78, 5) is 15.4. The lowest BCUT2D eigenvalue weighted by Gasteiger charge is -2.09. The summed E-state index contributed by atoms with van der Waals surface area (Å²) in [6.45, 7) is 0.447. The quantitative estimate of drug-likeness (QED) is 0.382. The smallest absolute Gasteiger partial charge is 0.328 e. The van der Waals surface area contributed by atoms with Gasteiger partial charge >= 0.3 is 5.97 Å². The lowest BCUT2D eigenvalue weighted by molar-refractivity contribution is -0.131. The fourth-order valence-electron chi connectivity index (χ4n) is 1.38. The maximum atomic E-state index is 10.1. The molecule has 4 nitrogen and oxygen atoms in total. The molecule has 0 aromatic heterocycles. The summed E-state index contributed by atoms with van der Waals surface area (Å²) in [7, 11) is 0. The fraction of sp³-hybridized carbons (Fsp3) is 0.667. The van der Waals surface area contributed by atoms with Crippen molar-refractivity contribution in [1.82, 2.24) is 5.48 Å². The number of aliphatic carboxylic acids is 1. The van der Waals surface area contributed by atoms with Gasteiger partial charge in [-0.15, -0.1) is 0 Å². The standard InChI is InChI=1S/C9H15NO3/c11-9(12)6-3-7-10-13-8-4-1-2-5-8/h3,6,8,10H,1-2,4-5,7H2,(H,11,12)/b6-3+. The van der Waals surface area contributed by atoms with Crippen molar-refractivity contribution in [2.24, 2.45) is 0 Å². The van der Waals surface area contributed by atoms with Gasteiger partial charge in [0.2, 0.25) is 0 Å². The van der Waals surface area contributed by atoms with E-state index in [1.807, 2.05) is 0 Å². The third-order valence-corrected chi connectivity index (χ3v) is 2.01. The van der Waals surface area contributed by atoms with Crippen molar-refractivity contribution < 1.29 is 14.7 Å². The number of carboxylic acid groups (broad SMARTS) is 1. The maximum Gasteiger partial charge on any atom is 0.328 e. The molecule has 13 heavy (non-hydrogen) atoms. The fourth-order valence-corrected chi connectivity index (χ4v) is 1.38. The van der Waals surface area contributed by atoms with Gasteiger partial charge in [-0.05, 0) is 12.8 Å². The van der Waals surface area contributed by atoms with E-state index >= 15 is 0 Å². The molecule has 0 spiro atoms. The zero-order chi connectivity index (χ0) is 9.52. The number of rotatable bonds is 5. The molecular weight excluding hydrogens is 170 g/mol. The van der Waals surface area contributed by atoms with Gasteiger partial charge in [-0.2, -0.15) is 5.48 Å². The Bertz CT molecular complexity index is 185. The van der Waals surface area contributed by atoms with Crippen LogP contribution in [0.25, 0.3) is 0 Å². The second-order valence-corrected chi connectivity index (χ2v) is 3.11. The topological polar surface area (TPSA) is 58.6 Å². The number of carboxylic acids is 1. The van der Waals surface area contributed by atoms with Crippen molar-refractivity contribution >= 4 is 5.97 Å². The van der Waals surface area contributed by atoms with Crippen molar-refractivity contribution in [2.45, 2.75) is 31.8 Å². The largest absolute Gasteiger partial charge is 0.478 e. The van der Waals surface area contributed by atoms with Crippen LogP contribution in [-0.2, 0) is 9.63 Å². The Balaban J connectivity index is 1.97. The van der Waals surface area contributed by atoms with Gasteiger partial charge in [0.25, 0.3) is 0 Å². The van der Waals surface area contributed by atoms with Crippen molar-refractivity contribution in [3.05, 3.63) is 12.2 Å². The van der Waals surface area contributed by atoms with Gasteiger partial charge in [0.15, 0.2) is 0 Å². The summed E-state index contributed by atoms with van der Waals surface area (Å²) in [6, 6.07) is 0. The van der Waals surface area contributed by atoms with Gasteiger partial charge in [0, 0.05) is 12.6 Å². The summed E-state index contributed by atoms with van der Waals surface area (Å²) in [5.41, 5.74) is 2.73. The molecule has 1 aliphatic rings. The average molecular weight is 185 g/mol. The normalized spacial score (nSPS) is 18.5. The Hall–Kier alpha value is -0.870. The first kappa shape index (κ1) is 10.2. The Morgan fingerprint density at radius 2 is 2.23 bits per heavy atom. The van der Waals surface area contributed by atoms with E-state index in [1.165, 1.54) is 18.9 Å². The van der Waals surface area contributed by atoms with Gasteiger partial charge in [0.05, 0.1) is 6.10 Å². The third-order valence-electron chi connectivity index (χ3n) is 2.01. The molecule has 1 saturated carbocycles. The second-order valence-electron chi connectivity index (χ2n) is 3.11. The van der Waals surface area contributed by atoms with Gasteiger partial charge in [0.1, 0.15) is 0 Å². The van der Waals surface area contributed by atoms with Crippen molar-refractivity contribution in [3.63, 3.8) is 0 Å². The van der Waals surface area contributed by atoms with E-state index in [9.17, 15) is 4.79 Å². The first-order valence-electron chi connectivity index (χ1n) is 4.57. The van der Waals surface area contributed by atoms with Crippen LogP contribution in [0.1, 0.15) is 25.7 Å². The molecule has 0 heterocycles. The van der Waals surface area contributed by atoms with Crippen LogP contribution in [0, 0.1) is 0 Å². The third kappa shape index (κ3) is 4.65. The predicted molar refractivity (Wildman–Crippen MR) is 48.1 cm³/mol. The Labute approximate surface area is 77.5 Å². The second kappa shape index (κ2) is 5.72. The predicted octanol–water partition coefficient (Wildman–Crippen LogP) is 1.09. The molecule has 0 amide bonds. The summed E-state index contributed by atoms with van der Waals surface area (Å²) >= 11 is 0. The molecule has 0 bridgehead atoms. The van der Waals surface area contributed by atoms with Crippen molar-refractivity contribution in [2.75, 3.05) is 6.54 Å². The highest BCUT2D eigenvalue weighted by Crippen LogP contribution is 2.19. The molecule has 0 aliphatic heterocycles. The first-order chi connectivity index (χ1) is 6.29. The van der Waals surface area contributed by atoms with Crippen molar-refractivity contribution in [1.29, 1.82) is 0 Å². The van der Waals surface area contributed by atoms with Crippen LogP contribution in [0.5, 0.6) is 0 Å². The van der Waals surface area contributed by atoms with Gasteiger partial charge in [-0.25, -0.2) is 4.79 Å². The summed E-state index contributed by atoms with van der Waals surface area (Å²) in [6.07, 6.45) is 7.63. The molecular formula is C9H15NO3. The molecule has 0 aromatic rings. The zero-order valence-corrected chi connectivity index (χ0v) is 7.53. The summed E-state index contributed by atoms with van der Waals surface area (Å²) < 4.78 is 0. The van der Waals surface area contributed by atoms with Gasteiger partial charge in [-0.1, -0.05) is 18.9 Å². The van der Waals surface area contributed by atoms with Crippen LogP contribution in [-0.4, -0.2) is 23.7 Å². The minimum atomic E-state index is -0.928. The summed E-state index contributed by atoms with van der Waals surface area (Å²) in [5.74, 6) is -0.928. The van der Waals surface area contributed by atoms with Crippen molar-refractivity contribution in [3.8, 4) is 0 Å². The molecule has 0 saturated heterocycles.